The van der Waals surface area contributed by atoms with Gasteiger partial charge >= 0.3 is 0 Å². The maximum atomic E-state index is 12.5. The summed E-state index contributed by atoms with van der Waals surface area (Å²) in [5.41, 5.74) is 0.163. The van der Waals surface area contributed by atoms with E-state index in [0.29, 0.717) is 11.4 Å². The molecular formula is C17H13NO5. The van der Waals surface area contributed by atoms with Gasteiger partial charge in [-0.1, -0.05) is 0 Å². The number of nitrogens with zero attached hydrogens (tertiary/aromatic N) is 1. The molecular weight excluding hydrogens is 298 g/mol. The summed E-state index contributed by atoms with van der Waals surface area (Å²) < 4.78 is 5.04. The van der Waals surface area contributed by atoms with E-state index in [1.54, 1.807) is 24.3 Å². The molecule has 6 nitrogen and oxygen atoms in total. The molecule has 0 heterocycles. The summed E-state index contributed by atoms with van der Waals surface area (Å²) in [7, 11) is 1.54. The number of phenolic OH excluding ortho intramolecular Hbond substituents is 2. The van der Waals surface area contributed by atoms with Crippen molar-refractivity contribution in [3.05, 3.63) is 47.5 Å². The fourth-order valence-corrected chi connectivity index (χ4v) is 2.46. The molecule has 1 aliphatic rings. The van der Waals surface area contributed by atoms with Gasteiger partial charge in [-0.05, 0) is 36.4 Å². The summed E-state index contributed by atoms with van der Waals surface area (Å²) >= 11 is 0. The van der Waals surface area contributed by atoms with Crippen molar-refractivity contribution in [3.63, 3.8) is 0 Å². The molecule has 1 aliphatic carbocycles. The smallest absolute Gasteiger partial charge is 0.212 e. The van der Waals surface area contributed by atoms with Crippen LogP contribution in [0.5, 0.6) is 17.2 Å². The first-order valence-electron chi connectivity index (χ1n) is 6.85. The highest BCUT2D eigenvalue weighted by atomic mass is 16.5. The van der Waals surface area contributed by atoms with Crippen LogP contribution in [0.25, 0.3) is 0 Å². The van der Waals surface area contributed by atoms with Crippen LogP contribution in [-0.2, 0) is 0 Å². The number of hydrogen-bond donors (Lipinski definition) is 2. The van der Waals surface area contributed by atoms with Gasteiger partial charge in [-0.2, -0.15) is 0 Å². The Morgan fingerprint density at radius 1 is 0.957 bits per heavy atom. The fourth-order valence-electron chi connectivity index (χ4n) is 2.46. The number of aromatic hydroxyl groups is 2. The number of ketones is 2. The number of carbonyl (C=O) groups excluding carboxylic acids is 2. The highest BCUT2D eigenvalue weighted by Crippen LogP contribution is 2.34. The zero-order valence-corrected chi connectivity index (χ0v) is 12.2. The van der Waals surface area contributed by atoms with Crippen LogP contribution in [0.4, 0.5) is 5.69 Å². The summed E-state index contributed by atoms with van der Waals surface area (Å²) in [6, 6.07) is 9.04. The third-order valence-corrected chi connectivity index (χ3v) is 3.59. The molecule has 0 saturated heterocycles. The minimum absolute atomic E-state index is 0.0218. The van der Waals surface area contributed by atoms with Crippen molar-refractivity contribution >= 4 is 23.0 Å². The third kappa shape index (κ3) is 2.55. The molecule has 116 valence electrons. The summed E-state index contributed by atoms with van der Waals surface area (Å²) in [6.45, 7) is 0. The second-order valence-electron chi connectivity index (χ2n) is 5.04. The molecule has 0 radical (unpaired) electrons. The molecule has 2 N–H and O–H groups in total. The Kier molecular flexibility index (Phi) is 3.57. The Morgan fingerprint density at radius 2 is 1.57 bits per heavy atom. The molecule has 0 unspecified atom stereocenters. The van der Waals surface area contributed by atoms with Crippen LogP contribution >= 0.6 is 0 Å². The van der Waals surface area contributed by atoms with E-state index < -0.39 is 11.6 Å². The number of fused-ring (bicyclic) bond motifs is 1. The van der Waals surface area contributed by atoms with Crippen LogP contribution in [0.2, 0.25) is 0 Å². The topological polar surface area (TPSA) is 96.2 Å². The third-order valence-electron chi connectivity index (χ3n) is 3.59. The molecule has 6 heteroatoms. The normalized spacial score (nSPS) is 15.6. The first-order valence-corrected chi connectivity index (χ1v) is 6.85. The van der Waals surface area contributed by atoms with E-state index in [1.807, 2.05) is 0 Å². The molecule has 0 amide bonds. The van der Waals surface area contributed by atoms with Gasteiger partial charge in [0.25, 0.3) is 0 Å². The molecule has 0 atom stereocenters. The Bertz CT molecular complexity index is 837. The Labute approximate surface area is 131 Å². The quantitative estimate of drug-likeness (QED) is 0.831. The number of aliphatic imine (C=N–C) groups is 1. The summed E-state index contributed by atoms with van der Waals surface area (Å²) in [5.74, 6) is -1.05. The number of rotatable bonds is 2. The van der Waals surface area contributed by atoms with Crippen molar-refractivity contribution in [1.29, 1.82) is 0 Å². The standard InChI is InChI=1S/C17H13NO5/c1-23-10-4-2-9(3-5-10)18-11-8-14(21)15-12(19)6-7-13(20)16(15)17(11)22/h2-7,19-20H,8H2,1H3. The maximum Gasteiger partial charge on any atom is 0.212 e. The van der Waals surface area contributed by atoms with Gasteiger partial charge in [-0.15, -0.1) is 0 Å². The van der Waals surface area contributed by atoms with Gasteiger partial charge in [0.2, 0.25) is 5.78 Å². The molecule has 2 aromatic carbocycles. The van der Waals surface area contributed by atoms with E-state index in [-0.39, 0.29) is 34.8 Å². The van der Waals surface area contributed by atoms with E-state index in [1.165, 1.54) is 19.2 Å². The number of benzene rings is 2. The summed E-state index contributed by atoms with van der Waals surface area (Å²) in [5, 5.41) is 19.6. The van der Waals surface area contributed by atoms with Gasteiger partial charge < -0.3 is 14.9 Å². The largest absolute Gasteiger partial charge is 0.507 e. The van der Waals surface area contributed by atoms with Crippen molar-refractivity contribution in [1.82, 2.24) is 0 Å². The minimum Gasteiger partial charge on any atom is -0.507 e. The number of hydrogen-bond acceptors (Lipinski definition) is 6. The highest BCUT2D eigenvalue weighted by molar-refractivity contribution is 6.53. The predicted molar refractivity (Wildman–Crippen MR) is 83.1 cm³/mol. The van der Waals surface area contributed by atoms with Gasteiger partial charge in [0.05, 0.1) is 36.1 Å². The van der Waals surface area contributed by atoms with Crippen LogP contribution in [-0.4, -0.2) is 34.6 Å². The maximum absolute atomic E-state index is 12.5. The van der Waals surface area contributed by atoms with Crippen molar-refractivity contribution in [3.8, 4) is 17.2 Å². The van der Waals surface area contributed by atoms with Crippen molar-refractivity contribution < 1.29 is 24.5 Å². The lowest BCUT2D eigenvalue weighted by Crippen LogP contribution is -2.27. The fraction of sp³-hybridized carbons (Fsp3) is 0.118. The van der Waals surface area contributed by atoms with E-state index >= 15 is 0 Å². The van der Waals surface area contributed by atoms with Crippen LogP contribution in [0.15, 0.2) is 41.4 Å². The Morgan fingerprint density at radius 3 is 2.17 bits per heavy atom. The molecule has 0 fully saturated rings. The van der Waals surface area contributed by atoms with E-state index in [9.17, 15) is 19.8 Å². The average molecular weight is 311 g/mol. The van der Waals surface area contributed by atoms with E-state index in [4.69, 9.17) is 4.74 Å². The molecule has 2 aromatic rings. The lowest BCUT2D eigenvalue weighted by molar-refractivity contribution is 0.0960. The van der Waals surface area contributed by atoms with Crippen LogP contribution in [0.1, 0.15) is 27.1 Å². The van der Waals surface area contributed by atoms with E-state index in [0.717, 1.165) is 0 Å². The Balaban J connectivity index is 2.06. The van der Waals surface area contributed by atoms with Crippen molar-refractivity contribution in [2.24, 2.45) is 4.99 Å². The molecule has 0 aliphatic heterocycles. The Hall–Kier alpha value is -3.15. The number of ether oxygens (including phenoxy) is 1. The summed E-state index contributed by atoms with van der Waals surface area (Å²) in [4.78, 5) is 28.9. The van der Waals surface area contributed by atoms with Crippen molar-refractivity contribution in [2.75, 3.05) is 7.11 Å². The van der Waals surface area contributed by atoms with Gasteiger partial charge in [0, 0.05) is 0 Å². The minimum atomic E-state index is -0.566. The lowest BCUT2D eigenvalue weighted by atomic mass is 9.86. The average Bonchev–Trinajstić information content (AvgIpc) is 2.55. The first-order chi connectivity index (χ1) is 11.0. The highest BCUT2D eigenvalue weighted by Gasteiger charge is 2.34. The monoisotopic (exact) mass is 311 g/mol. The predicted octanol–water partition coefficient (Wildman–Crippen LogP) is 2.65. The van der Waals surface area contributed by atoms with Gasteiger partial charge in [-0.3, -0.25) is 9.59 Å². The second-order valence-corrected chi connectivity index (χ2v) is 5.04. The van der Waals surface area contributed by atoms with Crippen LogP contribution in [0.3, 0.4) is 0 Å². The van der Waals surface area contributed by atoms with Gasteiger partial charge in [-0.25, -0.2) is 4.99 Å². The number of Topliss-reactive ketones (excluding diaryl/α,β-unsaturated/α-hetero) is 2. The van der Waals surface area contributed by atoms with E-state index in [2.05, 4.69) is 4.99 Å². The van der Waals surface area contributed by atoms with Gasteiger partial charge in [0.1, 0.15) is 17.2 Å². The van der Waals surface area contributed by atoms with Crippen molar-refractivity contribution in [2.45, 2.75) is 6.42 Å². The molecule has 0 spiro atoms. The second kappa shape index (κ2) is 5.57. The molecule has 0 saturated carbocycles. The summed E-state index contributed by atoms with van der Waals surface area (Å²) in [6.07, 6.45) is -0.227. The number of phenols is 2. The zero-order valence-electron chi connectivity index (χ0n) is 12.2. The number of methoxy groups -OCH3 is 1. The van der Waals surface area contributed by atoms with Crippen LogP contribution < -0.4 is 4.74 Å². The molecule has 0 bridgehead atoms. The van der Waals surface area contributed by atoms with Crippen LogP contribution in [0, 0.1) is 0 Å². The molecule has 3 rings (SSSR count). The number of carbonyl (C=O) groups is 2. The lowest BCUT2D eigenvalue weighted by Gasteiger charge is -2.17. The zero-order chi connectivity index (χ0) is 16.6. The van der Waals surface area contributed by atoms with Gasteiger partial charge in [0.15, 0.2) is 5.78 Å². The molecule has 23 heavy (non-hydrogen) atoms. The molecule has 0 aromatic heterocycles. The SMILES string of the molecule is COc1ccc(N=C2CC(=O)c3c(O)ccc(O)c3C2=O)cc1. The first kappa shape index (κ1) is 14.8.